The number of carbonyl (C=O) groups excluding carboxylic acids is 1. The Balaban J connectivity index is 1.84. The Morgan fingerprint density at radius 3 is 2.32 bits per heavy atom. The molecule has 0 radical (unpaired) electrons. The molecule has 0 aromatic heterocycles. The zero-order valence-corrected chi connectivity index (χ0v) is 13.8. The number of anilines is 1. The summed E-state index contributed by atoms with van der Waals surface area (Å²) in [6.45, 7) is 7.50. The molecule has 1 unspecified atom stereocenters. The SMILES string of the molecule is CC(C)C(CNC(=O)Nc1ccccc1)N1CCCCCC1. The average molecular weight is 303 g/mol. The fourth-order valence-corrected chi connectivity index (χ4v) is 3.11. The Kier molecular flexibility index (Phi) is 6.72. The van der Waals surface area contributed by atoms with Gasteiger partial charge in [-0.3, -0.25) is 4.90 Å². The molecule has 2 rings (SSSR count). The quantitative estimate of drug-likeness (QED) is 0.871. The Hall–Kier alpha value is -1.55. The summed E-state index contributed by atoms with van der Waals surface area (Å²) in [6, 6.07) is 9.87. The Morgan fingerprint density at radius 1 is 1.09 bits per heavy atom. The number of nitrogens with zero attached hydrogens (tertiary/aromatic N) is 1. The van der Waals surface area contributed by atoms with Gasteiger partial charge in [-0.25, -0.2) is 4.79 Å². The molecule has 0 bridgehead atoms. The van der Waals surface area contributed by atoms with Crippen LogP contribution in [0.1, 0.15) is 39.5 Å². The normalized spacial score (nSPS) is 17.8. The number of hydrogen-bond acceptors (Lipinski definition) is 2. The van der Waals surface area contributed by atoms with E-state index < -0.39 is 0 Å². The molecule has 1 heterocycles. The Bertz CT molecular complexity index is 439. The van der Waals surface area contributed by atoms with Crippen molar-refractivity contribution in [1.29, 1.82) is 0 Å². The van der Waals surface area contributed by atoms with Crippen molar-refractivity contribution in [3.05, 3.63) is 30.3 Å². The van der Waals surface area contributed by atoms with Gasteiger partial charge in [-0.2, -0.15) is 0 Å². The first kappa shape index (κ1) is 16.8. The molecule has 2 N–H and O–H groups in total. The molecule has 1 saturated heterocycles. The van der Waals surface area contributed by atoms with E-state index in [4.69, 9.17) is 0 Å². The lowest BCUT2D eigenvalue weighted by molar-refractivity contribution is 0.158. The lowest BCUT2D eigenvalue weighted by Crippen LogP contribution is -2.48. The maximum atomic E-state index is 12.0. The van der Waals surface area contributed by atoms with Crippen LogP contribution in [0.5, 0.6) is 0 Å². The van der Waals surface area contributed by atoms with Crippen LogP contribution in [0.15, 0.2) is 30.3 Å². The second-order valence-electron chi connectivity index (χ2n) is 6.46. The summed E-state index contributed by atoms with van der Waals surface area (Å²) < 4.78 is 0. The van der Waals surface area contributed by atoms with Gasteiger partial charge in [-0.15, -0.1) is 0 Å². The van der Waals surface area contributed by atoms with Gasteiger partial charge in [0, 0.05) is 18.3 Å². The number of likely N-dealkylation sites (tertiary alicyclic amines) is 1. The highest BCUT2D eigenvalue weighted by Crippen LogP contribution is 2.17. The van der Waals surface area contributed by atoms with E-state index in [0.29, 0.717) is 18.5 Å². The molecule has 0 saturated carbocycles. The van der Waals surface area contributed by atoms with Gasteiger partial charge in [-0.05, 0) is 44.0 Å². The third kappa shape index (κ3) is 5.34. The fraction of sp³-hybridized carbons (Fsp3) is 0.611. The molecule has 22 heavy (non-hydrogen) atoms. The molecular formula is C18H29N3O. The molecule has 4 nitrogen and oxygen atoms in total. The third-order valence-electron chi connectivity index (χ3n) is 4.38. The van der Waals surface area contributed by atoms with Gasteiger partial charge < -0.3 is 10.6 Å². The predicted molar refractivity (Wildman–Crippen MR) is 92.1 cm³/mol. The molecule has 122 valence electrons. The molecule has 1 aromatic carbocycles. The summed E-state index contributed by atoms with van der Waals surface area (Å²) in [5.41, 5.74) is 0.830. The molecule has 1 fully saturated rings. The largest absolute Gasteiger partial charge is 0.336 e. The van der Waals surface area contributed by atoms with Crippen molar-refractivity contribution in [2.75, 3.05) is 25.0 Å². The Labute approximate surface area is 134 Å². The number of amides is 2. The Morgan fingerprint density at radius 2 is 1.73 bits per heavy atom. The van der Waals surface area contributed by atoms with Gasteiger partial charge in [0.05, 0.1) is 0 Å². The zero-order chi connectivity index (χ0) is 15.8. The lowest BCUT2D eigenvalue weighted by Gasteiger charge is -2.33. The van der Waals surface area contributed by atoms with E-state index >= 15 is 0 Å². The first-order valence-corrected chi connectivity index (χ1v) is 8.51. The standard InChI is InChI=1S/C18H29N3O/c1-15(2)17(21-12-8-3-4-9-13-21)14-19-18(22)20-16-10-6-5-7-11-16/h5-7,10-11,15,17H,3-4,8-9,12-14H2,1-2H3,(H2,19,20,22). The third-order valence-corrected chi connectivity index (χ3v) is 4.38. The van der Waals surface area contributed by atoms with E-state index in [9.17, 15) is 4.79 Å². The smallest absolute Gasteiger partial charge is 0.319 e. The highest BCUT2D eigenvalue weighted by molar-refractivity contribution is 5.89. The van der Waals surface area contributed by atoms with E-state index in [0.717, 1.165) is 18.8 Å². The van der Waals surface area contributed by atoms with Crippen LogP contribution < -0.4 is 10.6 Å². The summed E-state index contributed by atoms with van der Waals surface area (Å²) in [7, 11) is 0. The van der Waals surface area contributed by atoms with E-state index in [2.05, 4.69) is 29.4 Å². The first-order chi connectivity index (χ1) is 10.7. The number of rotatable bonds is 5. The molecule has 0 aliphatic carbocycles. The summed E-state index contributed by atoms with van der Waals surface area (Å²) in [6.07, 6.45) is 5.23. The highest BCUT2D eigenvalue weighted by Gasteiger charge is 2.23. The van der Waals surface area contributed by atoms with E-state index in [-0.39, 0.29) is 6.03 Å². The van der Waals surface area contributed by atoms with Crippen molar-refractivity contribution in [3.8, 4) is 0 Å². The van der Waals surface area contributed by atoms with Gasteiger partial charge in [0.15, 0.2) is 0 Å². The van der Waals surface area contributed by atoms with Crippen LogP contribution in [0.4, 0.5) is 10.5 Å². The molecule has 2 amide bonds. The first-order valence-electron chi connectivity index (χ1n) is 8.51. The van der Waals surface area contributed by atoms with Gasteiger partial charge in [-0.1, -0.05) is 44.9 Å². The van der Waals surface area contributed by atoms with Gasteiger partial charge in [0.25, 0.3) is 0 Å². The lowest BCUT2D eigenvalue weighted by atomic mass is 10.0. The molecule has 0 spiro atoms. The summed E-state index contributed by atoms with van der Waals surface area (Å²) in [5, 5.41) is 5.92. The minimum atomic E-state index is -0.119. The van der Waals surface area contributed by atoms with Gasteiger partial charge in [0.2, 0.25) is 0 Å². The van der Waals surface area contributed by atoms with Crippen LogP contribution in [-0.4, -0.2) is 36.6 Å². The summed E-state index contributed by atoms with van der Waals surface area (Å²) in [5.74, 6) is 0.537. The van der Waals surface area contributed by atoms with E-state index in [1.807, 2.05) is 30.3 Å². The number of carbonyl (C=O) groups is 1. The number of para-hydroxylation sites is 1. The van der Waals surface area contributed by atoms with Gasteiger partial charge in [0.1, 0.15) is 0 Å². The van der Waals surface area contributed by atoms with Crippen LogP contribution in [0.3, 0.4) is 0 Å². The van der Waals surface area contributed by atoms with Crippen LogP contribution in [0.2, 0.25) is 0 Å². The van der Waals surface area contributed by atoms with Crippen LogP contribution in [0, 0.1) is 5.92 Å². The number of urea groups is 1. The van der Waals surface area contributed by atoms with Crippen molar-refractivity contribution in [3.63, 3.8) is 0 Å². The summed E-state index contributed by atoms with van der Waals surface area (Å²) in [4.78, 5) is 14.6. The molecule has 4 heteroatoms. The monoisotopic (exact) mass is 303 g/mol. The molecule has 1 atom stereocenters. The maximum absolute atomic E-state index is 12.0. The number of benzene rings is 1. The second-order valence-corrected chi connectivity index (χ2v) is 6.46. The van der Waals surface area contributed by atoms with Crippen molar-refractivity contribution in [2.24, 2.45) is 5.92 Å². The summed E-state index contributed by atoms with van der Waals surface area (Å²) >= 11 is 0. The molecule has 1 aliphatic heterocycles. The molecule has 1 aliphatic rings. The van der Waals surface area contributed by atoms with E-state index in [1.165, 1.54) is 25.7 Å². The number of hydrogen-bond donors (Lipinski definition) is 2. The topological polar surface area (TPSA) is 44.4 Å². The second kappa shape index (κ2) is 8.79. The van der Waals surface area contributed by atoms with Gasteiger partial charge >= 0.3 is 6.03 Å². The fourth-order valence-electron chi connectivity index (χ4n) is 3.11. The minimum Gasteiger partial charge on any atom is -0.336 e. The minimum absolute atomic E-state index is 0.119. The highest BCUT2D eigenvalue weighted by atomic mass is 16.2. The molecular weight excluding hydrogens is 274 g/mol. The zero-order valence-electron chi connectivity index (χ0n) is 13.8. The molecule has 1 aromatic rings. The average Bonchev–Trinajstić information content (AvgIpc) is 2.77. The van der Waals surface area contributed by atoms with Crippen molar-refractivity contribution in [2.45, 2.75) is 45.6 Å². The van der Waals surface area contributed by atoms with Crippen molar-refractivity contribution in [1.82, 2.24) is 10.2 Å². The van der Waals surface area contributed by atoms with Crippen LogP contribution in [0.25, 0.3) is 0 Å². The van der Waals surface area contributed by atoms with E-state index in [1.54, 1.807) is 0 Å². The predicted octanol–water partition coefficient (Wildman–Crippen LogP) is 3.71. The van der Waals surface area contributed by atoms with Crippen molar-refractivity contribution < 1.29 is 4.79 Å². The number of nitrogens with one attached hydrogen (secondary N) is 2. The van der Waals surface area contributed by atoms with Crippen molar-refractivity contribution >= 4 is 11.7 Å². The van der Waals surface area contributed by atoms with Crippen LogP contribution >= 0.6 is 0 Å². The maximum Gasteiger partial charge on any atom is 0.319 e. The van der Waals surface area contributed by atoms with Crippen LogP contribution in [-0.2, 0) is 0 Å².